The van der Waals surface area contributed by atoms with E-state index in [9.17, 15) is 18.4 Å². The fourth-order valence-electron chi connectivity index (χ4n) is 6.62. The molecule has 3 fully saturated rings. The minimum Gasteiger partial charge on any atom is -0.414 e. The predicted molar refractivity (Wildman–Crippen MR) is 180 cm³/mol. The highest BCUT2D eigenvalue weighted by Gasteiger charge is 2.42. The standard InChI is InChI=1S/C35H46Cl2F2N2O3Si/c1-34(2,3)45(4,5)44-28-12-10-27(11-13-28)41-17-14-25(33(41)43)20-29-30(36)21-26(22-31(29)37)23-6-8-24(9-7-23)32(42)40-18-15-35(38,39)16-19-40/h6-9,21-22,25,27-28H,10-20H2,1-5H3. The predicted octanol–water partition coefficient (Wildman–Crippen LogP) is 9.26. The number of carbonyl (C=O) groups is 2. The van der Waals surface area contributed by atoms with Crippen molar-refractivity contribution in [3.05, 3.63) is 57.6 Å². The molecule has 2 aromatic carbocycles. The average molecular weight is 680 g/mol. The summed E-state index contributed by atoms with van der Waals surface area (Å²) in [6.45, 7) is 12.3. The molecule has 5 nitrogen and oxygen atoms in total. The molecule has 5 rings (SSSR count). The van der Waals surface area contributed by atoms with Crippen LogP contribution in [0.15, 0.2) is 36.4 Å². The Labute approximate surface area is 277 Å². The van der Waals surface area contributed by atoms with Crippen LogP contribution in [0.3, 0.4) is 0 Å². The van der Waals surface area contributed by atoms with Crippen molar-refractivity contribution < 1.29 is 22.8 Å². The first-order chi connectivity index (χ1) is 21.0. The lowest BCUT2D eigenvalue weighted by Gasteiger charge is -2.42. The summed E-state index contributed by atoms with van der Waals surface area (Å²) >= 11 is 13.5. The third kappa shape index (κ3) is 7.77. The first-order valence-corrected chi connectivity index (χ1v) is 19.9. The normalized spacial score (nSPS) is 24.3. The number of alkyl halides is 2. The molecule has 0 bridgehead atoms. The van der Waals surface area contributed by atoms with Crippen LogP contribution in [-0.2, 0) is 15.6 Å². The van der Waals surface area contributed by atoms with Gasteiger partial charge in [-0.25, -0.2) is 8.78 Å². The van der Waals surface area contributed by atoms with Gasteiger partial charge < -0.3 is 14.2 Å². The Morgan fingerprint density at radius 3 is 2.07 bits per heavy atom. The van der Waals surface area contributed by atoms with Gasteiger partial charge in [0.05, 0.1) is 0 Å². The number of rotatable bonds is 7. The third-order valence-corrected chi connectivity index (χ3v) is 15.8. The van der Waals surface area contributed by atoms with Gasteiger partial charge in [-0.05, 0) is 97.6 Å². The van der Waals surface area contributed by atoms with Crippen molar-refractivity contribution in [1.29, 1.82) is 0 Å². The van der Waals surface area contributed by atoms with E-state index in [2.05, 4.69) is 38.8 Å². The molecule has 2 saturated heterocycles. The van der Waals surface area contributed by atoms with Gasteiger partial charge in [-0.3, -0.25) is 9.59 Å². The van der Waals surface area contributed by atoms with Gasteiger partial charge in [0.15, 0.2) is 8.32 Å². The largest absolute Gasteiger partial charge is 0.414 e. The Morgan fingerprint density at radius 2 is 1.51 bits per heavy atom. The smallest absolute Gasteiger partial charge is 0.253 e. The number of likely N-dealkylation sites (tertiary alicyclic amines) is 2. The van der Waals surface area contributed by atoms with Gasteiger partial charge in [-0.1, -0.05) is 56.1 Å². The van der Waals surface area contributed by atoms with Gasteiger partial charge in [0.25, 0.3) is 11.8 Å². The quantitative estimate of drug-likeness (QED) is 0.274. The number of nitrogens with zero attached hydrogens (tertiary/aromatic N) is 2. The van der Waals surface area contributed by atoms with E-state index in [0.29, 0.717) is 22.0 Å². The molecule has 246 valence electrons. The molecule has 0 aromatic heterocycles. The molecule has 10 heteroatoms. The Bertz CT molecular complexity index is 1370. The lowest BCUT2D eigenvalue weighted by atomic mass is 9.92. The van der Waals surface area contributed by atoms with Crippen molar-refractivity contribution in [2.24, 2.45) is 5.92 Å². The molecule has 2 aliphatic heterocycles. The van der Waals surface area contributed by atoms with Crippen molar-refractivity contribution in [2.75, 3.05) is 19.6 Å². The van der Waals surface area contributed by atoms with Crippen molar-refractivity contribution in [1.82, 2.24) is 9.80 Å². The second kappa shape index (κ2) is 13.2. The molecule has 1 saturated carbocycles. The number of halogens is 4. The molecule has 0 spiro atoms. The summed E-state index contributed by atoms with van der Waals surface area (Å²) in [4.78, 5) is 29.9. The minimum atomic E-state index is -2.70. The van der Waals surface area contributed by atoms with Gasteiger partial charge in [-0.2, -0.15) is 0 Å². The van der Waals surface area contributed by atoms with E-state index in [4.69, 9.17) is 27.6 Å². The maximum Gasteiger partial charge on any atom is 0.253 e. The second-order valence-electron chi connectivity index (χ2n) is 14.7. The molecule has 2 amide bonds. The zero-order valence-electron chi connectivity index (χ0n) is 27.1. The Kier molecular flexibility index (Phi) is 10.1. The zero-order chi connectivity index (χ0) is 32.7. The maximum atomic E-state index is 13.5. The summed E-state index contributed by atoms with van der Waals surface area (Å²) in [5.41, 5.74) is 2.88. The van der Waals surface area contributed by atoms with E-state index in [0.717, 1.165) is 55.3 Å². The average Bonchev–Trinajstić information content (AvgIpc) is 3.33. The summed E-state index contributed by atoms with van der Waals surface area (Å²) in [5.74, 6) is -2.90. The molecular formula is C35H46Cl2F2N2O3Si. The Balaban J connectivity index is 1.17. The van der Waals surface area contributed by atoms with E-state index < -0.39 is 14.2 Å². The highest BCUT2D eigenvalue weighted by atomic mass is 35.5. The molecule has 3 aliphatic rings. The lowest BCUT2D eigenvalue weighted by molar-refractivity contribution is -0.133. The highest BCUT2D eigenvalue weighted by molar-refractivity contribution is 6.74. The molecular weight excluding hydrogens is 633 g/mol. The monoisotopic (exact) mass is 678 g/mol. The number of hydrogen-bond donors (Lipinski definition) is 0. The summed E-state index contributed by atoms with van der Waals surface area (Å²) < 4.78 is 33.7. The van der Waals surface area contributed by atoms with Crippen LogP contribution in [0, 0.1) is 5.92 Å². The second-order valence-corrected chi connectivity index (χ2v) is 20.2. The van der Waals surface area contributed by atoms with Gasteiger partial charge in [0.1, 0.15) is 0 Å². The van der Waals surface area contributed by atoms with E-state index >= 15 is 0 Å². The molecule has 2 aromatic rings. The summed E-state index contributed by atoms with van der Waals surface area (Å²) in [5, 5.41) is 1.22. The van der Waals surface area contributed by atoms with Crippen molar-refractivity contribution in [3.8, 4) is 11.1 Å². The van der Waals surface area contributed by atoms with Crippen molar-refractivity contribution in [3.63, 3.8) is 0 Å². The van der Waals surface area contributed by atoms with Gasteiger partial charge in [-0.15, -0.1) is 0 Å². The summed E-state index contributed by atoms with van der Waals surface area (Å²) in [7, 11) is -1.81. The van der Waals surface area contributed by atoms with Crippen LogP contribution < -0.4 is 0 Å². The first-order valence-electron chi connectivity index (χ1n) is 16.3. The van der Waals surface area contributed by atoms with E-state index in [1.54, 1.807) is 12.1 Å². The Morgan fingerprint density at radius 1 is 0.933 bits per heavy atom. The fraction of sp³-hybridized carbons (Fsp3) is 0.600. The number of carbonyl (C=O) groups excluding carboxylic acids is 2. The van der Waals surface area contributed by atoms with Crippen LogP contribution in [0.1, 0.15) is 81.6 Å². The summed E-state index contributed by atoms with van der Waals surface area (Å²) in [6.07, 6.45) is 4.91. The van der Waals surface area contributed by atoms with Crippen LogP contribution in [-0.4, -0.2) is 67.6 Å². The molecule has 1 aliphatic carbocycles. The molecule has 2 heterocycles. The van der Waals surface area contributed by atoms with E-state index in [-0.39, 0.29) is 60.8 Å². The topological polar surface area (TPSA) is 49.9 Å². The SMILES string of the molecule is CC(C)(C)[Si](C)(C)OC1CCC(N2CCC(Cc3c(Cl)cc(-c4ccc(C(=O)N5CCC(F)(F)CC5)cc4)cc3Cl)C2=O)CC1. The van der Waals surface area contributed by atoms with Crippen LogP contribution in [0.5, 0.6) is 0 Å². The lowest BCUT2D eigenvalue weighted by Crippen LogP contribution is -2.47. The van der Waals surface area contributed by atoms with Crippen LogP contribution >= 0.6 is 23.2 Å². The van der Waals surface area contributed by atoms with Crippen LogP contribution in [0.25, 0.3) is 11.1 Å². The van der Waals surface area contributed by atoms with Crippen molar-refractivity contribution in [2.45, 2.75) is 108 Å². The molecule has 45 heavy (non-hydrogen) atoms. The van der Waals surface area contributed by atoms with E-state index in [1.165, 1.54) is 4.90 Å². The Hall–Kier alpha value is -2.00. The molecule has 1 atom stereocenters. The number of piperidine rings is 1. The maximum absolute atomic E-state index is 13.5. The van der Waals surface area contributed by atoms with Crippen LogP contribution in [0.4, 0.5) is 8.78 Å². The van der Waals surface area contributed by atoms with Gasteiger partial charge >= 0.3 is 0 Å². The summed E-state index contributed by atoms with van der Waals surface area (Å²) in [6, 6.07) is 11.0. The van der Waals surface area contributed by atoms with E-state index in [1.807, 2.05) is 24.3 Å². The number of amides is 2. The number of benzene rings is 2. The minimum absolute atomic E-state index is 0.0506. The third-order valence-electron chi connectivity index (χ3n) is 10.5. The molecule has 0 N–H and O–H groups in total. The zero-order valence-corrected chi connectivity index (χ0v) is 29.6. The van der Waals surface area contributed by atoms with Gasteiger partial charge in [0.2, 0.25) is 5.91 Å². The van der Waals surface area contributed by atoms with Crippen molar-refractivity contribution >= 4 is 43.3 Å². The first kappa shape index (κ1) is 34.3. The molecule has 0 radical (unpaired) electrons. The highest BCUT2D eigenvalue weighted by Crippen LogP contribution is 2.41. The van der Waals surface area contributed by atoms with Crippen LogP contribution in [0.2, 0.25) is 28.2 Å². The number of hydrogen-bond acceptors (Lipinski definition) is 3. The molecule has 1 unspecified atom stereocenters. The van der Waals surface area contributed by atoms with Gasteiger partial charge in [0, 0.05) is 66.1 Å². The fourth-order valence-corrected chi connectivity index (χ4v) is 8.68.